The van der Waals surface area contributed by atoms with Crippen molar-refractivity contribution in [2.24, 2.45) is 0 Å². The third-order valence-corrected chi connectivity index (χ3v) is 13.6. The summed E-state index contributed by atoms with van der Waals surface area (Å²) in [7, 11) is 0. The highest BCUT2D eigenvalue weighted by Crippen LogP contribution is 2.18. The van der Waals surface area contributed by atoms with Crippen molar-refractivity contribution in [3.8, 4) is 0 Å². The first-order valence-electron chi connectivity index (χ1n) is 29.5. The molecule has 386 valence electrons. The quantitative estimate of drug-likeness (QED) is 0.0344. The SMILES string of the molecule is CCCCCCCCCCCCCCCCCCCCC(=O)OCC(COC(=O)CCCCCCCCCCCCC)OC(=O)CCCCCCCCCCCCCCCCCCCC. The van der Waals surface area contributed by atoms with Gasteiger partial charge in [0.05, 0.1) is 0 Å². The summed E-state index contributed by atoms with van der Waals surface area (Å²) in [5.74, 6) is -0.832. The molecule has 0 heterocycles. The Kier molecular flexibility index (Phi) is 53.7. The van der Waals surface area contributed by atoms with Crippen LogP contribution in [0.2, 0.25) is 0 Å². The van der Waals surface area contributed by atoms with Gasteiger partial charge in [-0.15, -0.1) is 0 Å². The lowest BCUT2D eigenvalue weighted by atomic mass is 10.0. The highest BCUT2D eigenvalue weighted by atomic mass is 16.6. The summed E-state index contributed by atoms with van der Waals surface area (Å²) in [4.78, 5) is 38.1. The third-order valence-electron chi connectivity index (χ3n) is 13.6. The summed E-state index contributed by atoms with van der Waals surface area (Å²) >= 11 is 0. The predicted octanol–water partition coefficient (Wildman–Crippen LogP) is 19.5. The number of ether oxygens (including phenoxy) is 3. The molecule has 1 atom stereocenters. The zero-order chi connectivity index (χ0) is 47.2. The number of hydrogen-bond acceptors (Lipinski definition) is 6. The molecular formula is C59H114O6. The maximum Gasteiger partial charge on any atom is 0.306 e. The summed E-state index contributed by atoms with van der Waals surface area (Å²) in [6, 6.07) is 0. The zero-order valence-electron chi connectivity index (χ0n) is 44.3. The molecule has 6 heteroatoms. The van der Waals surface area contributed by atoms with Gasteiger partial charge < -0.3 is 14.2 Å². The molecule has 0 radical (unpaired) electrons. The molecule has 65 heavy (non-hydrogen) atoms. The molecule has 0 rings (SSSR count). The molecule has 0 N–H and O–H groups in total. The van der Waals surface area contributed by atoms with E-state index in [-0.39, 0.29) is 31.1 Å². The summed E-state index contributed by atoms with van der Waals surface area (Å²) in [5.41, 5.74) is 0. The van der Waals surface area contributed by atoms with E-state index in [2.05, 4.69) is 20.8 Å². The molecule has 0 aromatic heterocycles. The first-order chi connectivity index (χ1) is 32.0. The fourth-order valence-electron chi connectivity index (χ4n) is 9.15. The van der Waals surface area contributed by atoms with E-state index in [1.165, 1.54) is 244 Å². The van der Waals surface area contributed by atoms with Crippen molar-refractivity contribution in [1.29, 1.82) is 0 Å². The Labute approximate surface area is 406 Å². The minimum Gasteiger partial charge on any atom is -0.462 e. The monoisotopic (exact) mass is 919 g/mol. The highest BCUT2D eigenvalue weighted by molar-refractivity contribution is 5.71. The molecule has 0 spiro atoms. The van der Waals surface area contributed by atoms with Crippen molar-refractivity contribution in [3.63, 3.8) is 0 Å². The van der Waals surface area contributed by atoms with Gasteiger partial charge in [-0.05, 0) is 19.3 Å². The number of carbonyl (C=O) groups is 3. The van der Waals surface area contributed by atoms with Crippen LogP contribution in [0.25, 0.3) is 0 Å². The van der Waals surface area contributed by atoms with E-state index in [0.717, 1.165) is 57.8 Å². The summed E-state index contributed by atoms with van der Waals surface area (Å²) in [6.45, 7) is 6.70. The second-order valence-electron chi connectivity index (χ2n) is 20.3. The van der Waals surface area contributed by atoms with Gasteiger partial charge in [-0.2, -0.15) is 0 Å². The number of carbonyl (C=O) groups excluding carboxylic acids is 3. The molecule has 0 fully saturated rings. The molecular weight excluding hydrogens is 805 g/mol. The molecule has 6 nitrogen and oxygen atoms in total. The fourth-order valence-corrected chi connectivity index (χ4v) is 9.15. The Hall–Kier alpha value is -1.59. The van der Waals surface area contributed by atoms with E-state index in [0.29, 0.717) is 19.3 Å². The van der Waals surface area contributed by atoms with Crippen LogP contribution in [0.15, 0.2) is 0 Å². The van der Waals surface area contributed by atoms with Gasteiger partial charge in [0.25, 0.3) is 0 Å². The zero-order valence-corrected chi connectivity index (χ0v) is 44.3. The van der Waals surface area contributed by atoms with E-state index in [1.54, 1.807) is 0 Å². The average molecular weight is 920 g/mol. The Morgan fingerprint density at radius 2 is 0.415 bits per heavy atom. The molecule has 0 aliphatic rings. The molecule has 0 aliphatic heterocycles. The van der Waals surface area contributed by atoms with E-state index in [1.807, 2.05) is 0 Å². The minimum atomic E-state index is -0.761. The lowest BCUT2D eigenvalue weighted by molar-refractivity contribution is -0.167. The van der Waals surface area contributed by atoms with Gasteiger partial charge in [0, 0.05) is 19.3 Å². The van der Waals surface area contributed by atoms with Crippen LogP contribution in [0, 0.1) is 0 Å². The van der Waals surface area contributed by atoms with Crippen molar-refractivity contribution >= 4 is 17.9 Å². The molecule has 0 aromatic carbocycles. The molecule has 0 bridgehead atoms. The second-order valence-corrected chi connectivity index (χ2v) is 20.3. The van der Waals surface area contributed by atoms with Gasteiger partial charge in [-0.25, -0.2) is 0 Å². The van der Waals surface area contributed by atoms with Crippen LogP contribution in [-0.2, 0) is 28.6 Å². The summed E-state index contributed by atoms with van der Waals surface area (Å²) in [6.07, 6.45) is 61.0. The first-order valence-corrected chi connectivity index (χ1v) is 29.5. The topological polar surface area (TPSA) is 78.9 Å². The molecule has 0 aliphatic carbocycles. The van der Waals surface area contributed by atoms with Gasteiger partial charge in [0.2, 0.25) is 0 Å². The van der Waals surface area contributed by atoms with Crippen LogP contribution in [0.3, 0.4) is 0 Å². The highest BCUT2D eigenvalue weighted by Gasteiger charge is 2.19. The van der Waals surface area contributed by atoms with E-state index < -0.39 is 6.10 Å². The standard InChI is InChI=1S/C59H114O6/c1-4-7-10-13-16-19-22-24-26-28-30-32-34-37-40-43-46-49-52-58(61)64-55-56(54-63-57(60)51-48-45-42-39-36-21-18-15-12-9-6-3)65-59(62)53-50-47-44-41-38-35-33-31-29-27-25-23-20-17-14-11-8-5-2/h56H,4-55H2,1-3H3. The average Bonchev–Trinajstić information content (AvgIpc) is 3.30. The molecule has 0 saturated carbocycles. The van der Waals surface area contributed by atoms with Crippen molar-refractivity contribution in [2.75, 3.05) is 13.2 Å². The first kappa shape index (κ1) is 63.4. The lowest BCUT2D eigenvalue weighted by Crippen LogP contribution is -2.30. The number of rotatable bonds is 55. The smallest absolute Gasteiger partial charge is 0.306 e. The van der Waals surface area contributed by atoms with Crippen molar-refractivity contribution in [3.05, 3.63) is 0 Å². The number of esters is 3. The lowest BCUT2D eigenvalue weighted by Gasteiger charge is -2.18. The Balaban J connectivity index is 4.24. The van der Waals surface area contributed by atoms with Gasteiger partial charge in [0.1, 0.15) is 13.2 Å². The van der Waals surface area contributed by atoms with Crippen LogP contribution >= 0.6 is 0 Å². The largest absolute Gasteiger partial charge is 0.462 e. The van der Waals surface area contributed by atoms with E-state index >= 15 is 0 Å². The number of hydrogen-bond donors (Lipinski definition) is 0. The van der Waals surface area contributed by atoms with Crippen LogP contribution in [0.5, 0.6) is 0 Å². The Morgan fingerprint density at radius 1 is 0.246 bits per heavy atom. The predicted molar refractivity (Wildman–Crippen MR) is 280 cm³/mol. The van der Waals surface area contributed by atoms with Crippen molar-refractivity contribution in [2.45, 2.75) is 348 Å². The van der Waals surface area contributed by atoms with Crippen molar-refractivity contribution in [1.82, 2.24) is 0 Å². The minimum absolute atomic E-state index is 0.0610. The van der Waals surface area contributed by atoms with Gasteiger partial charge >= 0.3 is 17.9 Å². The van der Waals surface area contributed by atoms with Crippen LogP contribution in [-0.4, -0.2) is 37.2 Å². The number of unbranched alkanes of at least 4 members (excludes halogenated alkanes) is 44. The van der Waals surface area contributed by atoms with Gasteiger partial charge in [-0.1, -0.05) is 303 Å². The van der Waals surface area contributed by atoms with E-state index in [4.69, 9.17) is 14.2 Å². The Morgan fingerprint density at radius 3 is 0.615 bits per heavy atom. The van der Waals surface area contributed by atoms with Crippen LogP contribution < -0.4 is 0 Å². The molecule has 0 aromatic rings. The summed E-state index contributed by atoms with van der Waals surface area (Å²) < 4.78 is 16.9. The normalized spacial score (nSPS) is 11.9. The Bertz CT molecular complexity index is 967. The molecule has 1 unspecified atom stereocenters. The summed E-state index contributed by atoms with van der Waals surface area (Å²) in [5, 5.41) is 0. The van der Waals surface area contributed by atoms with Crippen LogP contribution in [0.1, 0.15) is 342 Å². The van der Waals surface area contributed by atoms with Gasteiger partial charge in [-0.3, -0.25) is 14.4 Å². The van der Waals surface area contributed by atoms with E-state index in [9.17, 15) is 14.4 Å². The van der Waals surface area contributed by atoms with Gasteiger partial charge in [0.15, 0.2) is 6.10 Å². The maximum atomic E-state index is 12.8. The second kappa shape index (κ2) is 55.0. The van der Waals surface area contributed by atoms with Crippen molar-refractivity contribution < 1.29 is 28.6 Å². The third kappa shape index (κ3) is 53.2. The molecule has 0 saturated heterocycles. The fraction of sp³-hybridized carbons (Fsp3) is 0.949. The maximum absolute atomic E-state index is 12.8. The molecule has 0 amide bonds. The van der Waals surface area contributed by atoms with Crippen LogP contribution in [0.4, 0.5) is 0 Å².